The molecule has 0 aliphatic carbocycles. The molecule has 0 atom stereocenters. The quantitative estimate of drug-likeness (QED) is 0.477. The van der Waals surface area contributed by atoms with Crippen molar-refractivity contribution < 1.29 is 14.3 Å². The third-order valence-corrected chi connectivity index (χ3v) is 5.45. The normalized spacial score (nSPS) is 10.8. The van der Waals surface area contributed by atoms with Gasteiger partial charge in [-0.1, -0.05) is 30.3 Å². The van der Waals surface area contributed by atoms with Crippen molar-refractivity contribution >= 4 is 50.0 Å². The third-order valence-electron chi connectivity index (χ3n) is 4.33. The summed E-state index contributed by atoms with van der Waals surface area (Å²) in [5.74, 6) is 0.400. The largest absolute Gasteiger partial charge is 0.468 e. The second kappa shape index (κ2) is 8.24. The van der Waals surface area contributed by atoms with E-state index in [1.54, 1.807) is 0 Å². The number of methoxy groups -OCH3 is 1. The second-order valence-electron chi connectivity index (χ2n) is 6.27. The van der Waals surface area contributed by atoms with Gasteiger partial charge in [-0.25, -0.2) is 9.97 Å². The van der Waals surface area contributed by atoms with Crippen LogP contribution < -0.4 is 10.6 Å². The second-order valence-corrected chi connectivity index (χ2v) is 7.35. The Kier molecular flexibility index (Phi) is 5.35. The third kappa shape index (κ3) is 4.17. The number of amides is 1. The molecule has 2 aromatic heterocycles. The molecule has 4 aromatic rings. The number of rotatable bonds is 6. The van der Waals surface area contributed by atoms with E-state index in [0.717, 1.165) is 21.0 Å². The van der Waals surface area contributed by atoms with Crippen LogP contribution in [-0.2, 0) is 16.1 Å². The fourth-order valence-corrected chi connectivity index (χ4v) is 3.89. The number of hydrogen-bond acceptors (Lipinski definition) is 7. The van der Waals surface area contributed by atoms with E-state index in [0.29, 0.717) is 16.5 Å². The van der Waals surface area contributed by atoms with Gasteiger partial charge in [0, 0.05) is 10.1 Å². The number of nitrogens with one attached hydrogen (secondary N) is 2. The first-order valence-corrected chi connectivity index (χ1v) is 9.79. The van der Waals surface area contributed by atoms with Gasteiger partial charge in [-0.05, 0) is 29.7 Å². The monoisotopic (exact) mass is 406 g/mol. The van der Waals surface area contributed by atoms with Crippen LogP contribution in [0.1, 0.15) is 15.5 Å². The summed E-state index contributed by atoms with van der Waals surface area (Å²) in [7, 11) is 1.33. The van der Waals surface area contributed by atoms with Crippen LogP contribution in [0.2, 0.25) is 0 Å². The van der Waals surface area contributed by atoms with Crippen molar-refractivity contribution in [2.24, 2.45) is 0 Å². The zero-order chi connectivity index (χ0) is 20.2. The standard InChI is InChI=1S/C21H18N4O3S/c1-28-19(26)12-22-20-14-7-3-4-8-15(14)24-18(25-20)11-23-21(27)17-10-13-6-2-5-9-16(13)29-17/h2-10H,11-12H2,1H3,(H,23,27)(H,22,24,25). The first-order chi connectivity index (χ1) is 14.1. The molecular weight excluding hydrogens is 388 g/mol. The van der Waals surface area contributed by atoms with Crippen molar-refractivity contribution in [2.45, 2.75) is 6.54 Å². The highest BCUT2D eigenvalue weighted by Gasteiger charge is 2.13. The van der Waals surface area contributed by atoms with Gasteiger partial charge in [0.2, 0.25) is 0 Å². The van der Waals surface area contributed by atoms with Crippen molar-refractivity contribution in [3.8, 4) is 0 Å². The molecule has 0 saturated heterocycles. The van der Waals surface area contributed by atoms with E-state index in [2.05, 4.69) is 25.3 Å². The number of anilines is 1. The highest BCUT2D eigenvalue weighted by molar-refractivity contribution is 7.20. The van der Waals surface area contributed by atoms with Gasteiger partial charge in [-0.2, -0.15) is 0 Å². The maximum atomic E-state index is 12.6. The van der Waals surface area contributed by atoms with Gasteiger partial charge in [0.15, 0.2) is 5.82 Å². The van der Waals surface area contributed by atoms with E-state index in [1.165, 1.54) is 18.4 Å². The highest BCUT2D eigenvalue weighted by Crippen LogP contribution is 2.25. The average molecular weight is 406 g/mol. The summed E-state index contributed by atoms with van der Waals surface area (Å²) in [4.78, 5) is 33.6. The van der Waals surface area contributed by atoms with Crippen molar-refractivity contribution in [2.75, 3.05) is 19.0 Å². The summed E-state index contributed by atoms with van der Waals surface area (Å²) < 4.78 is 5.73. The smallest absolute Gasteiger partial charge is 0.325 e. The van der Waals surface area contributed by atoms with E-state index >= 15 is 0 Å². The van der Waals surface area contributed by atoms with Crippen LogP contribution in [0.3, 0.4) is 0 Å². The van der Waals surface area contributed by atoms with Crippen LogP contribution >= 0.6 is 11.3 Å². The number of fused-ring (bicyclic) bond motifs is 2. The number of aromatic nitrogens is 2. The Morgan fingerprint density at radius 2 is 1.86 bits per heavy atom. The molecule has 0 spiro atoms. The molecule has 2 aromatic carbocycles. The molecule has 8 heteroatoms. The molecule has 29 heavy (non-hydrogen) atoms. The molecule has 146 valence electrons. The zero-order valence-corrected chi connectivity index (χ0v) is 16.5. The molecule has 2 N–H and O–H groups in total. The minimum absolute atomic E-state index is 0.00884. The summed E-state index contributed by atoms with van der Waals surface area (Å²) in [6.07, 6.45) is 0. The number of carbonyl (C=O) groups is 2. The van der Waals surface area contributed by atoms with Crippen LogP contribution in [0.4, 0.5) is 5.82 Å². The Bertz CT molecular complexity index is 1170. The number of esters is 1. The zero-order valence-electron chi connectivity index (χ0n) is 15.6. The van der Waals surface area contributed by atoms with E-state index < -0.39 is 5.97 Å². The Morgan fingerprint density at radius 1 is 1.07 bits per heavy atom. The Morgan fingerprint density at radius 3 is 2.69 bits per heavy atom. The number of para-hydroxylation sites is 1. The molecule has 0 bridgehead atoms. The first kappa shape index (κ1) is 18.8. The van der Waals surface area contributed by atoms with E-state index in [-0.39, 0.29) is 19.0 Å². The van der Waals surface area contributed by atoms with Crippen LogP contribution in [0.25, 0.3) is 21.0 Å². The summed E-state index contributed by atoms with van der Waals surface area (Å²) in [6, 6.07) is 17.2. The fraction of sp³-hybridized carbons (Fsp3) is 0.143. The summed E-state index contributed by atoms with van der Waals surface area (Å²) in [6.45, 7) is 0.163. The topological polar surface area (TPSA) is 93.2 Å². The lowest BCUT2D eigenvalue weighted by atomic mass is 10.2. The minimum atomic E-state index is -0.396. The Labute approximate surface area is 170 Å². The number of carbonyl (C=O) groups excluding carboxylic acids is 2. The van der Waals surface area contributed by atoms with Gasteiger partial charge in [0.05, 0.1) is 24.0 Å². The lowest BCUT2D eigenvalue weighted by Crippen LogP contribution is -2.23. The van der Waals surface area contributed by atoms with E-state index in [4.69, 9.17) is 0 Å². The van der Waals surface area contributed by atoms with Crippen molar-refractivity contribution in [1.29, 1.82) is 0 Å². The minimum Gasteiger partial charge on any atom is -0.468 e. The van der Waals surface area contributed by atoms with E-state index in [9.17, 15) is 9.59 Å². The highest BCUT2D eigenvalue weighted by atomic mass is 32.1. The SMILES string of the molecule is COC(=O)CNc1nc(CNC(=O)c2cc3ccccc3s2)nc2ccccc12. The number of nitrogens with zero attached hydrogens (tertiary/aromatic N) is 2. The number of thiophene rings is 1. The Hall–Kier alpha value is -3.52. The molecule has 7 nitrogen and oxygen atoms in total. The number of benzene rings is 2. The molecule has 2 heterocycles. The maximum absolute atomic E-state index is 12.6. The van der Waals surface area contributed by atoms with Crippen LogP contribution in [0.5, 0.6) is 0 Å². The Balaban J connectivity index is 1.53. The van der Waals surface area contributed by atoms with Crippen LogP contribution in [-0.4, -0.2) is 35.5 Å². The molecule has 4 rings (SSSR count). The molecule has 0 fully saturated rings. The van der Waals surface area contributed by atoms with Gasteiger partial charge >= 0.3 is 5.97 Å². The lowest BCUT2D eigenvalue weighted by Gasteiger charge is -2.10. The fourth-order valence-electron chi connectivity index (χ4n) is 2.91. The number of ether oxygens (including phenoxy) is 1. The average Bonchev–Trinajstić information content (AvgIpc) is 3.20. The van der Waals surface area contributed by atoms with Crippen molar-refractivity contribution in [3.63, 3.8) is 0 Å². The summed E-state index contributed by atoms with van der Waals surface area (Å²) in [5, 5.41) is 7.68. The first-order valence-electron chi connectivity index (χ1n) is 8.97. The predicted octanol–water partition coefficient (Wildman–Crippen LogP) is 3.36. The van der Waals surface area contributed by atoms with Gasteiger partial charge in [0.1, 0.15) is 12.4 Å². The van der Waals surface area contributed by atoms with Crippen LogP contribution in [0.15, 0.2) is 54.6 Å². The van der Waals surface area contributed by atoms with Crippen molar-refractivity contribution in [1.82, 2.24) is 15.3 Å². The van der Waals surface area contributed by atoms with Gasteiger partial charge in [0.25, 0.3) is 5.91 Å². The molecule has 1 amide bonds. The van der Waals surface area contributed by atoms with Gasteiger partial charge in [-0.3, -0.25) is 9.59 Å². The van der Waals surface area contributed by atoms with Crippen molar-refractivity contribution in [3.05, 3.63) is 65.3 Å². The molecule has 0 aliphatic rings. The molecule has 0 unspecified atom stereocenters. The van der Waals surface area contributed by atoms with Gasteiger partial charge in [-0.15, -0.1) is 11.3 Å². The number of hydrogen-bond donors (Lipinski definition) is 2. The predicted molar refractivity (Wildman–Crippen MR) is 113 cm³/mol. The molecule has 0 saturated carbocycles. The summed E-state index contributed by atoms with van der Waals surface area (Å²) in [5.41, 5.74) is 0.723. The van der Waals surface area contributed by atoms with E-state index in [1.807, 2.05) is 54.6 Å². The van der Waals surface area contributed by atoms with Crippen LogP contribution in [0, 0.1) is 0 Å². The molecule has 0 aliphatic heterocycles. The summed E-state index contributed by atoms with van der Waals surface area (Å²) >= 11 is 1.44. The lowest BCUT2D eigenvalue weighted by molar-refractivity contribution is -0.138. The molecule has 0 radical (unpaired) electrons. The van der Waals surface area contributed by atoms with Gasteiger partial charge < -0.3 is 15.4 Å². The molecular formula is C21H18N4O3S. The maximum Gasteiger partial charge on any atom is 0.325 e.